The van der Waals surface area contributed by atoms with Gasteiger partial charge in [0.2, 0.25) is 0 Å². The van der Waals surface area contributed by atoms with Gasteiger partial charge in [-0.05, 0) is 30.3 Å². The summed E-state index contributed by atoms with van der Waals surface area (Å²) in [5.74, 6) is -0.874. The van der Waals surface area contributed by atoms with Crippen LogP contribution in [0.1, 0.15) is 10.4 Å². The lowest BCUT2D eigenvalue weighted by Crippen LogP contribution is -1.94. The molecule has 3 aromatic rings. The smallest absolute Gasteiger partial charge is 0.337 e. The van der Waals surface area contributed by atoms with Gasteiger partial charge < -0.3 is 9.51 Å². The van der Waals surface area contributed by atoms with Crippen molar-refractivity contribution >= 4 is 22.5 Å². The van der Waals surface area contributed by atoms with E-state index in [1.165, 1.54) is 0 Å². The van der Waals surface area contributed by atoms with Gasteiger partial charge in [-0.25, -0.2) is 4.79 Å². The van der Waals surface area contributed by atoms with Gasteiger partial charge in [0.15, 0.2) is 0 Å². The summed E-state index contributed by atoms with van der Waals surface area (Å²) in [5, 5.41) is 8.97. The topological polar surface area (TPSA) is 41.7 Å². The number of carboxylic acids is 1. The maximum atomic E-state index is 10.9. The van der Waals surface area contributed by atoms with Gasteiger partial charge in [0.25, 0.3) is 0 Å². The summed E-state index contributed by atoms with van der Waals surface area (Å²) in [6.45, 7) is 0. The first-order chi connectivity index (χ1) is 6.77. The van der Waals surface area contributed by atoms with E-state index in [0.29, 0.717) is 5.56 Å². The number of aromatic nitrogens is 1. The molecule has 0 fully saturated rings. The standard InChI is InChI=1S/C11H7NO2/c13-11(14)9-6-8-5-4-7-2-1-3-10(9)12(7)8/h1-6H,(H,13,14). The van der Waals surface area contributed by atoms with Gasteiger partial charge in [-0.1, -0.05) is 6.07 Å². The largest absolute Gasteiger partial charge is 0.478 e. The number of rotatable bonds is 1. The van der Waals surface area contributed by atoms with Crippen molar-refractivity contribution in [2.75, 3.05) is 0 Å². The monoisotopic (exact) mass is 185 g/mol. The molecule has 0 bridgehead atoms. The average Bonchev–Trinajstić information content (AvgIpc) is 2.72. The molecule has 3 aromatic heterocycles. The summed E-state index contributed by atoms with van der Waals surface area (Å²) >= 11 is 0. The molecular weight excluding hydrogens is 178 g/mol. The minimum absolute atomic E-state index is 0.367. The molecule has 0 spiro atoms. The fourth-order valence-electron chi connectivity index (χ4n) is 1.91. The summed E-state index contributed by atoms with van der Waals surface area (Å²) in [6, 6.07) is 11.3. The van der Waals surface area contributed by atoms with Crippen molar-refractivity contribution in [2.24, 2.45) is 0 Å². The SMILES string of the molecule is O=C(O)c1cc2ccc3cccc1n32. The Kier molecular flexibility index (Phi) is 1.19. The Morgan fingerprint density at radius 3 is 2.71 bits per heavy atom. The zero-order valence-electron chi connectivity index (χ0n) is 7.27. The summed E-state index contributed by atoms with van der Waals surface area (Å²) in [7, 11) is 0. The summed E-state index contributed by atoms with van der Waals surface area (Å²) in [4.78, 5) is 10.9. The van der Waals surface area contributed by atoms with Crippen molar-refractivity contribution < 1.29 is 9.90 Å². The van der Waals surface area contributed by atoms with E-state index < -0.39 is 5.97 Å². The molecule has 0 amide bonds. The number of carbonyl (C=O) groups is 1. The first-order valence-corrected chi connectivity index (χ1v) is 4.33. The van der Waals surface area contributed by atoms with Crippen LogP contribution in [0.3, 0.4) is 0 Å². The van der Waals surface area contributed by atoms with E-state index in [4.69, 9.17) is 5.11 Å². The summed E-state index contributed by atoms with van der Waals surface area (Å²) in [5.41, 5.74) is 3.10. The highest BCUT2D eigenvalue weighted by Gasteiger charge is 2.13. The lowest BCUT2D eigenvalue weighted by Gasteiger charge is -1.96. The maximum absolute atomic E-state index is 10.9. The molecule has 0 aliphatic heterocycles. The van der Waals surface area contributed by atoms with E-state index in [1.807, 2.05) is 34.7 Å². The van der Waals surface area contributed by atoms with Crippen molar-refractivity contribution in [2.45, 2.75) is 0 Å². The number of aromatic carboxylic acids is 1. The van der Waals surface area contributed by atoms with Crippen molar-refractivity contribution in [1.29, 1.82) is 0 Å². The third-order valence-corrected chi connectivity index (χ3v) is 2.50. The summed E-state index contributed by atoms with van der Waals surface area (Å²) < 4.78 is 1.95. The molecule has 14 heavy (non-hydrogen) atoms. The van der Waals surface area contributed by atoms with Crippen molar-refractivity contribution in [3.8, 4) is 0 Å². The highest BCUT2D eigenvalue weighted by molar-refractivity contribution is 6.00. The van der Waals surface area contributed by atoms with E-state index in [9.17, 15) is 4.79 Å². The fourth-order valence-corrected chi connectivity index (χ4v) is 1.91. The zero-order chi connectivity index (χ0) is 9.71. The minimum atomic E-state index is -0.874. The van der Waals surface area contributed by atoms with Crippen LogP contribution in [0.25, 0.3) is 16.6 Å². The predicted molar refractivity (Wildman–Crippen MR) is 53.0 cm³/mol. The molecule has 0 saturated carbocycles. The summed E-state index contributed by atoms with van der Waals surface area (Å²) in [6.07, 6.45) is 0. The Morgan fingerprint density at radius 1 is 1.14 bits per heavy atom. The maximum Gasteiger partial charge on any atom is 0.337 e. The molecule has 0 aromatic carbocycles. The highest BCUT2D eigenvalue weighted by Crippen LogP contribution is 2.23. The minimum Gasteiger partial charge on any atom is -0.478 e. The van der Waals surface area contributed by atoms with Gasteiger partial charge in [-0.2, -0.15) is 0 Å². The molecule has 0 aliphatic rings. The van der Waals surface area contributed by atoms with E-state index in [2.05, 4.69) is 0 Å². The first-order valence-electron chi connectivity index (χ1n) is 4.33. The second kappa shape index (κ2) is 2.26. The average molecular weight is 185 g/mol. The third kappa shape index (κ3) is 0.738. The molecule has 3 nitrogen and oxygen atoms in total. The molecule has 3 rings (SSSR count). The van der Waals surface area contributed by atoms with Crippen LogP contribution in [0, 0.1) is 0 Å². The Labute approximate surface area is 79.5 Å². The Bertz CT molecular complexity index is 619. The highest BCUT2D eigenvalue weighted by atomic mass is 16.4. The Balaban J connectivity index is 2.59. The zero-order valence-corrected chi connectivity index (χ0v) is 7.27. The van der Waals surface area contributed by atoms with Crippen LogP contribution in [0.5, 0.6) is 0 Å². The number of pyridine rings is 1. The molecule has 3 heterocycles. The molecule has 0 unspecified atom stereocenters. The molecule has 3 heteroatoms. The van der Waals surface area contributed by atoms with Crippen LogP contribution in [0.2, 0.25) is 0 Å². The van der Waals surface area contributed by atoms with Gasteiger partial charge in [0.05, 0.1) is 11.1 Å². The molecule has 0 radical (unpaired) electrons. The Morgan fingerprint density at radius 2 is 1.93 bits per heavy atom. The van der Waals surface area contributed by atoms with E-state index >= 15 is 0 Å². The third-order valence-electron chi connectivity index (χ3n) is 2.50. The number of hydrogen-bond acceptors (Lipinski definition) is 1. The van der Waals surface area contributed by atoms with Gasteiger partial charge in [-0.3, -0.25) is 0 Å². The number of nitrogens with zero attached hydrogens (tertiary/aromatic N) is 1. The molecule has 0 saturated heterocycles. The van der Waals surface area contributed by atoms with E-state index in [-0.39, 0.29) is 0 Å². The van der Waals surface area contributed by atoms with Crippen LogP contribution < -0.4 is 0 Å². The van der Waals surface area contributed by atoms with Gasteiger partial charge >= 0.3 is 5.97 Å². The van der Waals surface area contributed by atoms with Crippen LogP contribution in [-0.2, 0) is 0 Å². The van der Waals surface area contributed by atoms with Crippen LogP contribution in [0.15, 0.2) is 36.4 Å². The van der Waals surface area contributed by atoms with Gasteiger partial charge in [0, 0.05) is 11.0 Å². The molecule has 0 aliphatic carbocycles. The second-order valence-corrected chi connectivity index (χ2v) is 3.29. The van der Waals surface area contributed by atoms with Crippen LogP contribution >= 0.6 is 0 Å². The molecule has 68 valence electrons. The molecule has 1 N–H and O–H groups in total. The number of carboxylic acid groups (broad SMARTS) is 1. The lowest BCUT2D eigenvalue weighted by atomic mass is 10.2. The van der Waals surface area contributed by atoms with E-state index in [1.54, 1.807) is 6.07 Å². The molecular formula is C11H7NO2. The van der Waals surface area contributed by atoms with Gasteiger partial charge in [0.1, 0.15) is 0 Å². The van der Waals surface area contributed by atoms with Crippen molar-refractivity contribution in [3.05, 3.63) is 42.0 Å². The fraction of sp³-hybridized carbons (Fsp3) is 0. The van der Waals surface area contributed by atoms with E-state index in [0.717, 1.165) is 16.6 Å². The Hall–Kier alpha value is -2.03. The predicted octanol–water partition coefficient (Wildman–Crippen LogP) is 2.23. The lowest BCUT2D eigenvalue weighted by molar-refractivity contribution is 0.0699. The first kappa shape index (κ1) is 7.38. The van der Waals surface area contributed by atoms with Crippen LogP contribution in [0.4, 0.5) is 0 Å². The van der Waals surface area contributed by atoms with Crippen molar-refractivity contribution in [3.63, 3.8) is 0 Å². The van der Waals surface area contributed by atoms with Crippen LogP contribution in [-0.4, -0.2) is 15.5 Å². The second-order valence-electron chi connectivity index (χ2n) is 3.29. The van der Waals surface area contributed by atoms with Gasteiger partial charge in [-0.15, -0.1) is 0 Å². The molecule has 0 atom stereocenters. The van der Waals surface area contributed by atoms with Crippen molar-refractivity contribution in [1.82, 2.24) is 4.40 Å². The quantitative estimate of drug-likeness (QED) is 0.631. The number of hydrogen-bond donors (Lipinski definition) is 1. The normalized spacial score (nSPS) is 11.4.